The predicted molar refractivity (Wildman–Crippen MR) is 96.1 cm³/mol. The number of carbonyl (C=O) groups excluding carboxylic acids is 1. The van der Waals surface area contributed by atoms with Crippen LogP contribution in [-0.4, -0.2) is 49.8 Å². The second-order valence-corrected chi connectivity index (χ2v) is 6.16. The van der Waals surface area contributed by atoms with Gasteiger partial charge in [0.2, 0.25) is 5.95 Å². The molecule has 26 heavy (non-hydrogen) atoms. The topological polar surface area (TPSA) is 88.8 Å². The first-order valence-electron chi connectivity index (χ1n) is 8.58. The average Bonchev–Trinajstić information content (AvgIpc) is 3.23. The van der Waals surface area contributed by atoms with Crippen LogP contribution in [0.15, 0.2) is 55.4 Å². The summed E-state index contributed by atoms with van der Waals surface area (Å²) in [5, 5.41) is 7.27. The molecular formula is C18H19N7O. The molecule has 1 aliphatic rings. The number of hydrogen-bond acceptors (Lipinski definition) is 6. The molecule has 2 aromatic heterocycles. The molecule has 3 heterocycles. The van der Waals surface area contributed by atoms with Crippen LogP contribution in [-0.2, 0) is 0 Å². The Bertz CT molecular complexity index is 866. The number of nitrogens with zero attached hydrogens (tertiary/aromatic N) is 6. The van der Waals surface area contributed by atoms with E-state index in [0.717, 1.165) is 19.4 Å². The monoisotopic (exact) mass is 349 g/mol. The van der Waals surface area contributed by atoms with Gasteiger partial charge < -0.3 is 10.2 Å². The van der Waals surface area contributed by atoms with Crippen LogP contribution >= 0.6 is 0 Å². The molecule has 0 saturated carbocycles. The molecule has 8 nitrogen and oxygen atoms in total. The Labute approximate surface area is 150 Å². The van der Waals surface area contributed by atoms with Crippen LogP contribution in [0.2, 0.25) is 0 Å². The minimum atomic E-state index is -0.114. The molecule has 1 aromatic carbocycles. The lowest BCUT2D eigenvalue weighted by atomic mass is 10.0. The van der Waals surface area contributed by atoms with Gasteiger partial charge >= 0.3 is 0 Å². The number of hydrogen-bond donors (Lipinski definition) is 1. The van der Waals surface area contributed by atoms with Gasteiger partial charge in [0.25, 0.3) is 5.91 Å². The molecule has 132 valence electrons. The molecule has 0 radical (unpaired) electrons. The first kappa shape index (κ1) is 16.2. The van der Waals surface area contributed by atoms with Crippen molar-refractivity contribution in [2.45, 2.75) is 18.9 Å². The van der Waals surface area contributed by atoms with Crippen molar-refractivity contribution < 1.29 is 4.79 Å². The highest BCUT2D eigenvalue weighted by Crippen LogP contribution is 2.17. The number of para-hydroxylation sites is 1. The zero-order chi connectivity index (χ0) is 17.8. The van der Waals surface area contributed by atoms with Gasteiger partial charge in [-0.05, 0) is 31.0 Å². The highest BCUT2D eigenvalue weighted by Gasteiger charge is 2.24. The molecule has 1 unspecified atom stereocenters. The summed E-state index contributed by atoms with van der Waals surface area (Å²) in [5.41, 5.74) is 1.28. The Morgan fingerprint density at radius 1 is 1.15 bits per heavy atom. The SMILES string of the molecule is O=C(NC1CCCN(c2ncccn2)C1)c1ccccc1-n1cncn1. The molecule has 1 amide bonds. The largest absolute Gasteiger partial charge is 0.347 e. The molecule has 4 rings (SSSR count). The van der Waals surface area contributed by atoms with E-state index in [1.807, 2.05) is 18.2 Å². The molecule has 1 aliphatic heterocycles. The lowest BCUT2D eigenvalue weighted by Gasteiger charge is -2.33. The van der Waals surface area contributed by atoms with E-state index in [4.69, 9.17) is 0 Å². The Morgan fingerprint density at radius 3 is 2.81 bits per heavy atom. The van der Waals surface area contributed by atoms with Gasteiger partial charge in [-0.1, -0.05) is 12.1 Å². The van der Waals surface area contributed by atoms with Crippen LogP contribution in [0.4, 0.5) is 5.95 Å². The second-order valence-electron chi connectivity index (χ2n) is 6.16. The van der Waals surface area contributed by atoms with Crippen molar-refractivity contribution in [1.82, 2.24) is 30.0 Å². The maximum atomic E-state index is 12.8. The second kappa shape index (κ2) is 7.30. The first-order chi connectivity index (χ1) is 12.8. The Balaban J connectivity index is 1.49. The van der Waals surface area contributed by atoms with E-state index >= 15 is 0 Å². The highest BCUT2D eigenvalue weighted by molar-refractivity contribution is 5.97. The third-order valence-electron chi connectivity index (χ3n) is 4.41. The number of nitrogens with one attached hydrogen (secondary N) is 1. The summed E-state index contributed by atoms with van der Waals surface area (Å²) in [6, 6.07) is 9.22. The number of aromatic nitrogens is 5. The van der Waals surface area contributed by atoms with E-state index in [1.54, 1.807) is 35.5 Å². The van der Waals surface area contributed by atoms with Crippen molar-refractivity contribution in [3.8, 4) is 5.69 Å². The number of anilines is 1. The van der Waals surface area contributed by atoms with E-state index in [-0.39, 0.29) is 11.9 Å². The lowest BCUT2D eigenvalue weighted by molar-refractivity contribution is 0.0933. The fourth-order valence-electron chi connectivity index (χ4n) is 3.19. The average molecular weight is 349 g/mol. The zero-order valence-electron chi connectivity index (χ0n) is 14.2. The Morgan fingerprint density at radius 2 is 2.00 bits per heavy atom. The van der Waals surface area contributed by atoms with Crippen molar-refractivity contribution in [3.05, 3.63) is 60.9 Å². The van der Waals surface area contributed by atoms with Crippen LogP contribution in [0.3, 0.4) is 0 Å². The third-order valence-corrected chi connectivity index (χ3v) is 4.41. The molecular weight excluding hydrogens is 330 g/mol. The Kier molecular flexibility index (Phi) is 4.55. The molecule has 1 fully saturated rings. The van der Waals surface area contributed by atoms with Gasteiger partial charge in [0.1, 0.15) is 12.7 Å². The third kappa shape index (κ3) is 3.39. The van der Waals surface area contributed by atoms with E-state index in [2.05, 4.69) is 30.3 Å². The lowest BCUT2D eigenvalue weighted by Crippen LogP contribution is -2.48. The first-order valence-corrected chi connectivity index (χ1v) is 8.58. The zero-order valence-corrected chi connectivity index (χ0v) is 14.2. The number of benzene rings is 1. The highest BCUT2D eigenvalue weighted by atomic mass is 16.1. The molecule has 1 atom stereocenters. The summed E-state index contributed by atoms with van der Waals surface area (Å²) >= 11 is 0. The summed E-state index contributed by atoms with van der Waals surface area (Å²) < 4.78 is 1.60. The van der Waals surface area contributed by atoms with Gasteiger partial charge in [-0.2, -0.15) is 5.10 Å². The minimum absolute atomic E-state index is 0.0452. The van der Waals surface area contributed by atoms with E-state index in [9.17, 15) is 4.79 Å². The van der Waals surface area contributed by atoms with Gasteiger partial charge in [-0.3, -0.25) is 4.79 Å². The van der Waals surface area contributed by atoms with Gasteiger partial charge in [0.05, 0.1) is 11.3 Å². The normalized spacial score (nSPS) is 17.1. The molecule has 1 N–H and O–H groups in total. The van der Waals surface area contributed by atoms with Crippen molar-refractivity contribution in [3.63, 3.8) is 0 Å². The van der Waals surface area contributed by atoms with Gasteiger partial charge in [0, 0.05) is 31.5 Å². The summed E-state index contributed by atoms with van der Waals surface area (Å²) in [7, 11) is 0. The van der Waals surface area contributed by atoms with Gasteiger partial charge in [-0.25, -0.2) is 19.6 Å². The number of rotatable bonds is 4. The van der Waals surface area contributed by atoms with Crippen LogP contribution in [0.5, 0.6) is 0 Å². The number of piperidine rings is 1. The summed E-state index contributed by atoms with van der Waals surface area (Å²) in [6.45, 7) is 1.59. The summed E-state index contributed by atoms with van der Waals surface area (Å²) in [6.07, 6.45) is 8.42. The quantitative estimate of drug-likeness (QED) is 0.767. The maximum Gasteiger partial charge on any atom is 0.253 e. The molecule has 0 aliphatic carbocycles. The van der Waals surface area contributed by atoms with E-state index in [1.165, 1.54) is 6.33 Å². The summed E-state index contributed by atoms with van der Waals surface area (Å²) in [4.78, 5) is 27.5. The smallest absolute Gasteiger partial charge is 0.253 e. The standard InChI is InChI=1S/C18H19N7O/c26-17(15-6-1-2-7-16(15)25-13-19-12-22-25)23-14-5-3-10-24(11-14)18-20-8-4-9-21-18/h1-2,4,6-9,12-14H,3,5,10-11H2,(H,23,26). The van der Waals surface area contributed by atoms with Crippen LogP contribution in [0, 0.1) is 0 Å². The summed E-state index contributed by atoms with van der Waals surface area (Å²) in [5.74, 6) is 0.589. The molecule has 0 spiro atoms. The van der Waals surface area contributed by atoms with Crippen LogP contribution in [0.1, 0.15) is 23.2 Å². The molecule has 3 aromatic rings. The van der Waals surface area contributed by atoms with Gasteiger partial charge in [-0.15, -0.1) is 0 Å². The van der Waals surface area contributed by atoms with Crippen LogP contribution in [0.25, 0.3) is 5.69 Å². The molecule has 1 saturated heterocycles. The fourth-order valence-corrected chi connectivity index (χ4v) is 3.19. The van der Waals surface area contributed by atoms with Crippen molar-refractivity contribution in [2.24, 2.45) is 0 Å². The Hall–Kier alpha value is -3.29. The van der Waals surface area contributed by atoms with E-state index in [0.29, 0.717) is 23.7 Å². The van der Waals surface area contributed by atoms with Crippen LogP contribution < -0.4 is 10.2 Å². The fraction of sp³-hybridized carbons (Fsp3) is 0.278. The van der Waals surface area contributed by atoms with E-state index < -0.39 is 0 Å². The van der Waals surface area contributed by atoms with Crippen molar-refractivity contribution in [2.75, 3.05) is 18.0 Å². The maximum absolute atomic E-state index is 12.8. The minimum Gasteiger partial charge on any atom is -0.347 e. The number of carbonyl (C=O) groups is 1. The number of amides is 1. The van der Waals surface area contributed by atoms with Crippen molar-refractivity contribution >= 4 is 11.9 Å². The molecule has 8 heteroatoms. The van der Waals surface area contributed by atoms with Crippen molar-refractivity contribution in [1.29, 1.82) is 0 Å². The van der Waals surface area contributed by atoms with Gasteiger partial charge in [0.15, 0.2) is 0 Å². The predicted octanol–water partition coefficient (Wildman–Crippen LogP) is 1.46. The molecule has 0 bridgehead atoms.